The number of aliphatic hydroxyl groups is 1. The first-order valence-corrected chi connectivity index (χ1v) is 6.75. The van der Waals surface area contributed by atoms with Crippen LogP contribution in [0.4, 0.5) is 0 Å². The van der Waals surface area contributed by atoms with Crippen molar-refractivity contribution in [2.45, 2.75) is 18.9 Å². The number of nitrogens with zero attached hydrogens (tertiary/aromatic N) is 2. The lowest BCUT2D eigenvalue weighted by Crippen LogP contribution is -2.01. The minimum absolute atomic E-state index is 0.498. The van der Waals surface area contributed by atoms with Crippen LogP contribution in [0.15, 0.2) is 61.1 Å². The molecular formula is C17H16N2O. The average molecular weight is 264 g/mol. The minimum Gasteiger partial charge on any atom is -0.388 e. The fraction of sp³-hybridized carbons (Fsp3) is 0.176. The van der Waals surface area contributed by atoms with Crippen LogP contribution in [0, 0.1) is 0 Å². The SMILES string of the molecule is OC(CCc1ccncc1)c1cccc2cccnc12. The topological polar surface area (TPSA) is 46.0 Å². The Morgan fingerprint density at radius 3 is 2.60 bits per heavy atom. The van der Waals surface area contributed by atoms with Crippen LogP contribution in [0.2, 0.25) is 0 Å². The van der Waals surface area contributed by atoms with Crippen molar-refractivity contribution in [1.29, 1.82) is 0 Å². The number of hydrogen-bond donors (Lipinski definition) is 1. The molecule has 0 aliphatic rings. The van der Waals surface area contributed by atoms with Crippen LogP contribution in [0.1, 0.15) is 23.7 Å². The van der Waals surface area contributed by atoms with E-state index in [1.165, 1.54) is 5.56 Å². The van der Waals surface area contributed by atoms with Gasteiger partial charge in [0.2, 0.25) is 0 Å². The molecule has 1 N–H and O–H groups in total. The summed E-state index contributed by atoms with van der Waals surface area (Å²) in [4.78, 5) is 8.39. The van der Waals surface area contributed by atoms with Crippen molar-refractivity contribution in [1.82, 2.24) is 9.97 Å². The first-order valence-electron chi connectivity index (χ1n) is 6.75. The largest absolute Gasteiger partial charge is 0.388 e. The Labute approximate surface area is 117 Å². The molecule has 3 rings (SSSR count). The summed E-state index contributed by atoms with van der Waals surface area (Å²) in [6, 6.07) is 13.8. The molecule has 100 valence electrons. The monoisotopic (exact) mass is 264 g/mol. The van der Waals surface area contributed by atoms with Gasteiger partial charge in [-0.1, -0.05) is 24.3 Å². The first-order chi connectivity index (χ1) is 9.84. The molecule has 0 spiro atoms. The second-order valence-electron chi connectivity index (χ2n) is 4.83. The van der Waals surface area contributed by atoms with Gasteiger partial charge in [-0.15, -0.1) is 0 Å². The molecule has 0 bridgehead atoms. The van der Waals surface area contributed by atoms with E-state index in [4.69, 9.17) is 0 Å². The third-order valence-electron chi connectivity index (χ3n) is 3.48. The molecule has 1 atom stereocenters. The maximum absolute atomic E-state index is 10.4. The summed E-state index contributed by atoms with van der Waals surface area (Å²) in [5, 5.41) is 11.5. The van der Waals surface area contributed by atoms with Crippen LogP contribution in [-0.4, -0.2) is 15.1 Å². The molecule has 0 amide bonds. The summed E-state index contributed by atoms with van der Waals surface area (Å²) < 4.78 is 0. The van der Waals surface area contributed by atoms with Crippen molar-refractivity contribution in [2.75, 3.05) is 0 Å². The van der Waals surface area contributed by atoms with Crippen molar-refractivity contribution in [2.24, 2.45) is 0 Å². The number of aromatic nitrogens is 2. The average Bonchev–Trinajstić information content (AvgIpc) is 2.53. The highest BCUT2D eigenvalue weighted by molar-refractivity contribution is 5.81. The number of fused-ring (bicyclic) bond motifs is 1. The maximum atomic E-state index is 10.4. The van der Waals surface area contributed by atoms with Gasteiger partial charge in [-0.3, -0.25) is 9.97 Å². The van der Waals surface area contributed by atoms with Gasteiger partial charge in [-0.25, -0.2) is 0 Å². The van der Waals surface area contributed by atoms with Crippen molar-refractivity contribution < 1.29 is 5.11 Å². The fourth-order valence-electron chi connectivity index (χ4n) is 2.41. The summed E-state index contributed by atoms with van der Waals surface area (Å²) in [5.74, 6) is 0. The van der Waals surface area contributed by atoms with Gasteiger partial charge in [0.15, 0.2) is 0 Å². The van der Waals surface area contributed by atoms with E-state index in [0.29, 0.717) is 6.42 Å². The number of rotatable bonds is 4. The van der Waals surface area contributed by atoms with E-state index in [2.05, 4.69) is 9.97 Å². The number of para-hydroxylation sites is 1. The molecule has 3 aromatic rings. The molecule has 2 heterocycles. The Hall–Kier alpha value is -2.26. The molecule has 3 nitrogen and oxygen atoms in total. The highest BCUT2D eigenvalue weighted by Gasteiger charge is 2.11. The molecule has 0 saturated carbocycles. The van der Waals surface area contributed by atoms with E-state index in [0.717, 1.165) is 22.9 Å². The van der Waals surface area contributed by atoms with Crippen LogP contribution in [0.5, 0.6) is 0 Å². The van der Waals surface area contributed by atoms with Crippen molar-refractivity contribution >= 4 is 10.9 Å². The Bertz CT molecular complexity index is 692. The Balaban J connectivity index is 1.80. The van der Waals surface area contributed by atoms with Gasteiger partial charge in [0.25, 0.3) is 0 Å². The number of benzene rings is 1. The van der Waals surface area contributed by atoms with Crippen LogP contribution >= 0.6 is 0 Å². The Morgan fingerprint density at radius 2 is 1.75 bits per heavy atom. The summed E-state index contributed by atoms with van der Waals surface area (Å²) in [5.41, 5.74) is 2.97. The van der Waals surface area contributed by atoms with Gasteiger partial charge < -0.3 is 5.11 Å². The van der Waals surface area contributed by atoms with Crippen molar-refractivity contribution in [3.8, 4) is 0 Å². The summed E-state index contributed by atoms with van der Waals surface area (Å²) in [6.45, 7) is 0. The normalized spacial score (nSPS) is 12.4. The third kappa shape index (κ3) is 2.68. The van der Waals surface area contributed by atoms with E-state index in [9.17, 15) is 5.11 Å². The lowest BCUT2D eigenvalue weighted by atomic mass is 9.99. The number of aliphatic hydroxyl groups excluding tert-OH is 1. The van der Waals surface area contributed by atoms with Crippen molar-refractivity contribution in [3.05, 3.63) is 72.2 Å². The predicted molar refractivity (Wildman–Crippen MR) is 79.3 cm³/mol. The number of aryl methyl sites for hydroxylation is 1. The molecule has 0 fully saturated rings. The second kappa shape index (κ2) is 5.80. The summed E-state index contributed by atoms with van der Waals surface area (Å²) in [7, 11) is 0. The Morgan fingerprint density at radius 1 is 0.950 bits per heavy atom. The van der Waals surface area contributed by atoms with E-state index in [1.807, 2.05) is 42.5 Å². The zero-order chi connectivity index (χ0) is 13.8. The van der Waals surface area contributed by atoms with Gasteiger partial charge in [0.05, 0.1) is 11.6 Å². The molecule has 0 aliphatic carbocycles. The van der Waals surface area contributed by atoms with Crippen molar-refractivity contribution in [3.63, 3.8) is 0 Å². The summed E-state index contributed by atoms with van der Waals surface area (Å²) >= 11 is 0. The van der Waals surface area contributed by atoms with Crippen LogP contribution in [0.3, 0.4) is 0 Å². The molecule has 3 heteroatoms. The lowest BCUT2D eigenvalue weighted by Gasteiger charge is -2.13. The van der Waals surface area contributed by atoms with Gasteiger partial charge in [0.1, 0.15) is 0 Å². The molecule has 20 heavy (non-hydrogen) atoms. The zero-order valence-corrected chi connectivity index (χ0v) is 11.1. The minimum atomic E-state index is -0.498. The quantitative estimate of drug-likeness (QED) is 0.786. The van der Waals surface area contributed by atoms with Crippen LogP contribution in [-0.2, 0) is 6.42 Å². The standard InChI is InChI=1S/C17H16N2O/c20-16(7-6-13-8-11-18-12-9-13)15-5-1-3-14-4-2-10-19-17(14)15/h1-5,8-12,16,20H,6-7H2. The molecular weight excluding hydrogens is 248 g/mol. The molecule has 0 saturated heterocycles. The zero-order valence-electron chi connectivity index (χ0n) is 11.1. The summed E-state index contributed by atoms with van der Waals surface area (Å²) in [6.07, 6.45) is 6.33. The van der Waals surface area contributed by atoms with E-state index in [-0.39, 0.29) is 0 Å². The third-order valence-corrected chi connectivity index (χ3v) is 3.48. The molecule has 2 aromatic heterocycles. The predicted octanol–water partition coefficient (Wildman–Crippen LogP) is 3.30. The smallest absolute Gasteiger partial charge is 0.0814 e. The maximum Gasteiger partial charge on any atom is 0.0814 e. The molecule has 0 aliphatic heterocycles. The van der Waals surface area contributed by atoms with E-state index >= 15 is 0 Å². The Kier molecular flexibility index (Phi) is 3.70. The molecule has 1 aromatic carbocycles. The van der Waals surface area contributed by atoms with Gasteiger partial charge >= 0.3 is 0 Å². The van der Waals surface area contributed by atoms with Gasteiger partial charge in [-0.05, 0) is 36.6 Å². The number of hydrogen-bond acceptors (Lipinski definition) is 3. The van der Waals surface area contributed by atoms with Gasteiger partial charge in [0, 0.05) is 29.5 Å². The van der Waals surface area contributed by atoms with E-state index in [1.54, 1.807) is 18.6 Å². The van der Waals surface area contributed by atoms with Gasteiger partial charge in [-0.2, -0.15) is 0 Å². The van der Waals surface area contributed by atoms with E-state index < -0.39 is 6.10 Å². The molecule has 1 unspecified atom stereocenters. The van der Waals surface area contributed by atoms with Crippen LogP contribution in [0.25, 0.3) is 10.9 Å². The lowest BCUT2D eigenvalue weighted by molar-refractivity contribution is 0.169. The first kappa shape index (κ1) is 12.8. The highest BCUT2D eigenvalue weighted by Crippen LogP contribution is 2.25. The fourth-order valence-corrected chi connectivity index (χ4v) is 2.41. The highest BCUT2D eigenvalue weighted by atomic mass is 16.3. The molecule has 0 radical (unpaired) electrons. The van der Waals surface area contributed by atoms with Crippen LogP contribution < -0.4 is 0 Å². The number of pyridine rings is 2. The second-order valence-corrected chi connectivity index (χ2v) is 4.83.